The Balaban J connectivity index is 1.46. The summed E-state index contributed by atoms with van der Waals surface area (Å²) >= 11 is 0.403. The van der Waals surface area contributed by atoms with Crippen LogP contribution in [0.1, 0.15) is 90.2 Å². The van der Waals surface area contributed by atoms with Gasteiger partial charge in [-0.05, 0) is 49.3 Å². The smallest absolute Gasteiger partial charge is 0.425 e. The van der Waals surface area contributed by atoms with Crippen molar-refractivity contribution in [2.75, 3.05) is 25.9 Å². The van der Waals surface area contributed by atoms with E-state index in [0.29, 0.717) is 17.8 Å². The summed E-state index contributed by atoms with van der Waals surface area (Å²) in [4.78, 5) is 47.0. The van der Waals surface area contributed by atoms with Crippen LogP contribution in [0.15, 0.2) is 54.2 Å². The van der Waals surface area contributed by atoms with Gasteiger partial charge in [-0.1, -0.05) is 37.6 Å². The van der Waals surface area contributed by atoms with Crippen LogP contribution in [0.2, 0.25) is 0 Å². The Labute approximate surface area is 314 Å². The zero-order valence-electron chi connectivity index (χ0n) is 29.7. The maximum Gasteiger partial charge on any atom is 0.425 e. The molecule has 0 spiro atoms. The third kappa shape index (κ3) is 9.03. The highest BCUT2D eigenvalue weighted by Gasteiger charge is 2.56. The number of hydrogen-bond donors (Lipinski definition) is 2. The highest BCUT2D eigenvalue weighted by Crippen LogP contribution is 2.43. The number of sulfonamides is 1. The molecule has 54 heavy (non-hydrogen) atoms. The molecule has 2 aliphatic heterocycles. The summed E-state index contributed by atoms with van der Waals surface area (Å²) in [7, 11) is -3.74. The number of carbonyl (C=O) groups excluding carboxylic acids is 3. The summed E-state index contributed by atoms with van der Waals surface area (Å²) in [6, 6.07) is 7.97. The van der Waals surface area contributed by atoms with Crippen molar-refractivity contribution in [2.24, 2.45) is 5.73 Å². The molecule has 3 N–H and O–H groups in total. The molecule has 3 amide bonds. The molecule has 0 bridgehead atoms. The first kappa shape index (κ1) is 41.0. The van der Waals surface area contributed by atoms with E-state index in [2.05, 4.69) is 4.98 Å². The number of ether oxygens (including phenoxy) is 1. The van der Waals surface area contributed by atoms with Crippen molar-refractivity contribution in [3.05, 3.63) is 81.3 Å². The molecule has 2 fully saturated rings. The first-order chi connectivity index (χ1) is 25.4. The van der Waals surface area contributed by atoms with Gasteiger partial charge >= 0.3 is 6.18 Å². The Kier molecular flexibility index (Phi) is 12.4. The molecule has 2 saturated heterocycles. The number of likely N-dealkylation sites (tertiary alicyclic amines) is 2. The number of carbonyl (C=O) groups is 3. The number of halogens is 5. The number of nitrogens with one attached hydrogen (secondary N) is 1. The number of piperidine rings is 2. The molecule has 0 unspecified atom stereocenters. The first-order valence-corrected chi connectivity index (χ1v) is 20.2. The Hall–Kier alpha value is -4.16. The van der Waals surface area contributed by atoms with E-state index in [9.17, 15) is 44.8 Å². The first-order valence-electron chi connectivity index (χ1n) is 17.4. The van der Waals surface area contributed by atoms with Gasteiger partial charge in [-0.2, -0.15) is 13.2 Å². The molecule has 3 aromatic rings. The van der Waals surface area contributed by atoms with Gasteiger partial charge in [-0.15, -0.1) is 11.3 Å². The minimum atomic E-state index is -4.67. The predicted molar refractivity (Wildman–Crippen MR) is 190 cm³/mol. The van der Waals surface area contributed by atoms with Gasteiger partial charge in [0.2, 0.25) is 21.5 Å². The van der Waals surface area contributed by atoms with Crippen molar-refractivity contribution < 1.29 is 49.5 Å². The number of benzene rings is 1. The van der Waals surface area contributed by atoms with Crippen molar-refractivity contribution in [3.8, 4) is 5.75 Å². The number of nitrogens with zero attached hydrogens (tertiary/aromatic N) is 3. The SMILES string of the molecule is CCC[C@H]1N(C(=O)c2cnccc2C(F)F)CCC[C@@]1(Oc1csc(C(F)(F)F)c1)C(=O)N1CCC(N)(c2ccccc2CCC(=O)NS(C)(=O)=O)CC1. The van der Waals surface area contributed by atoms with Gasteiger partial charge < -0.3 is 20.3 Å². The molecule has 0 saturated carbocycles. The molecule has 18 heteroatoms. The number of amides is 3. The quantitative estimate of drug-likeness (QED) is 0.218. The molecule has 1 aromatic carbocycles. The highest BCUT2D eigenvalue weighted by molar-refractivity contribution is 7.89. The highest BCUT2D eigenvalue weighted by atomic mass is 32.2. The van der Waals surface area contributed by atoms with E-state index >= 15 is 0 Å². The van der Waals surface area contributed by atoms with E-state index in [4.69, 9.17) is 10.5 Å². The van der Waals surface area contributed by atoms with Crippen LogP contribution in [0.5, 0.6) is 5.75 Å². The normalized spacial score (nSPS) is 20.5. The number of rotatable bonds is 12. The lowest BCUT2D eigenvalue weighted by Crippen LogP contribution is -2.69. The maximum absolute atomic E-state index is 14.9. The van der Waals surface area contributed by atoms with E-state index in [1.807, 2.05) is 10.8 Å². The molecule has 2 aromatic heterocycles. The Morgan fingerprint density at radius 1 is 1.11 bits per heavy atom. The Morgan fingerprint density at radius 2 is 1.81 bits per heavy atom. The summed E-state index contributed by atoms with van der Waals surface area (Å²) in [5.74, 6) is -2.23. The van der Waals surface area contributed by atoms with E-state index in [1.54, 1.807) is 25.1 Å². The third-order valence-electron chi connectivity index (χ3n) is 9.94. The van der Waals surface area contributed by atoms with Gasteiger partial charge in [-0.3, -0.25) is 24.1 Å². The largest absolute Gasteiger partial charge is 0.474 e. The van der Waals surface area contributed by atoms with Gasteiger partial charge in [0.25, 0.3) is 18.2 Å². The molecule has 5 rings (SSSR count). The monoisotopic (exact) mass is 799 g/mol. The van der Waals surface area contributed by atoms with Crippen LogP contribution in [-0.2, 0) is 37.7 Å². The fraction of sp³-hybridized carbons (Fsp3) is 0.500. The second-order valence-corrected chi connectivity index (χ2v) is 16.4. The topological polar surface area (TPSA) is 152 Å². The lowest BCUT2D eigenvalue weighted by molar-refractivity contribution is -0.160. The van der Waals surface area contributed by atoms with Gasteiger partial charge in [0.05, 0.1) is 17.9 Å². The second-order valence-electron chi connectivity index (χ2n) is 13.7. The third-order valence-corrected chi connectivity index (χ3v) is 11.5. The number of alkyl halides is 5. The second kappa shape index (κ2) is 16.3. The number of aryl methyl sites for hydroxylation is 1. The van der Waals surface area contributed by atoms with Crippen LogP contribution in [0, 0.1) is 0 Å². The van der Waals surface area contributed by atoms with E-state index < -0.39 is 68.0 Å². The summed E-state index contributed by atoms with van der Waals surface area (Å²) in [5.41, 5.74) is 4.71. The summed E-state index contributed by atoms with van der Waals surface area (Å²) in [6.07, 6.45) is -3.20. The molecule has 11 nitrogen and oxygen atoms in total. The molecule has 0 aliphatic carbocycles. The van der Waals surface area contributed by atoms with Gasteiger partial charge in [0, 0.05) is 67.4 Å². The zero-order chi connectivity index (χ0) is 39.5. The number of hydrogen-bond acceptors (Lipinski definition) is 9. The van der Waals surface area contributed by atoms with Crippen LogP contribution in [0.4, 0.5) is 22.0 Å². The van der Waals surface area contributed by atoms with Crippen molar-refractivity contribution in [1.82, 2.24) is 19.5 Å². The lowest BCUT2D eigenvalue weighted by Gasteiger charge is -2.51. The lowest BCUT2D eigenvalue weighted by atomic mass is 9.76. The average Bonchev–Trinajstić information content (AvgIpc) is 3.60. The van der Waals surface area contributed by atoms with Crippen LogP contribution in [0.25, 0.3) is 0 Å². The maximum atomic E-state index is 14.9. The van der Waals surface area contributed by atoms with Crippen LogP contribution < -0.4 is 15.2 Å². The molecular formula is C36H42F5N5O6S2. The fourth-order valence-corrected chi connectivity index (χ4v) is 8.63. The van der Waals surface area contributed by atoms with Crippen molar-refractivity contribution >= 4 is 39.1 Å². The van der Waals surface area contributed by atoms with E-state index in [1.165, 1.54) is 9.80 Å². The van der Waals surface area contributed by atoms with Crippen molar-refractivity contribution in [2.45, 2.75) is 88.1 Å². The predicted octanol–water partition coefficient (Wildman–Crippen LogP) is 5.81. The van der Waals surface area contributed by atoms with Crippen LogP contribution in [0.3, 0.4) is 0 Å². The summed E-state index contributed by atoms with van der Waals surface area (Å²) < 4.78 is 100. The number of aromatic nitrogens is 1. The molecule has 2 aliphatic rings. The van der Waals surface area contributed by atoms with Gasteiger partial charge in [0.1, 0.15) is 10.6 Å². The number of pyridine rings is 1. The number of thiophene rings is 1. The minimum Gasteiger partial charge on any atom is -0.474 e. The molecule has 2 atom stereocenters. The summed E-state index contributed by atoms with van der Waals surface area (Å²) in [6.45, 7) is 2.10. The molecular weight excluding hydrogens is 758 g/mol. The van der Waals surface area contributed by atoms with E-state index in [0.717, 1.165) is 47.3 Å². The van der Waals surface area contributed by atoms with Crippen LogP contribution >= 0.6 is 11.3 Å². The molecule has 4 heterocycles. The van der Waals surface area contributed by atoms with E-state index in [-0.39, 0.29) is 75.9 Å². The molecule has 294 valence electrons. The molecule has 0 radical (unpaired) electrons. The minimum absolute atomic E-state index is 0.0366. The number of nitrogens with two attached hydrogens (primary N) is 1. The van der Waals surface area contributed by atoms with Crippen molar-refractivity contribution in [1.29, 1.82) is 0 Å². The Bertz CT molecular complexity index is 1950. The standard InChI is InChI=1S/C36H42F5N5O6S2/c1-3-7-28-35(52-24-20-29(53-22-24)36(39,40)41,13-6-17-46(28)32(48)26-21-43-16-12-25(26)31(37)38)33(49)45-18-14-34(42,15-19-45)27-9-5-4-8-23(27)10-11-30(47)44-54(2,50)51/h4-5,8-9,12,16,20-22,28,31H,3,6-7,10-11,13-15,17-19,42H2,1-2H3,(H,44,47)/t28-,35+/m1/s1. The van der Waals surface area contributed by atoms with Gasteiger partial charge in [-0.25, -0.2) is 17.2 Å². The van der Waals surface area contributed by atoms with Crippen LogP contribution in [-0.4, -0.2) is 78.5 Å². The zero-order valence-corrected chi connectivity index (χ0v) is 31.3. The summed E-state index contributed by atoms with van der Waals surface area (Å²) in [5, 5.41) is 1.16. The fourth-order valence-electron chi connectivity index (χ4n) is 7.44. The Morgan fingerprint density at radius 3 is 2.44 bits per heavy atom. The van der Waals surface area contributed by atoms with Gasteiger partial charge in [0.15, 0.2) is 0 Å². The van der Waals surface area contributed by atoms with Crippen molar-refractivity contribution in [3.63, 3.8) is 0 Å². The average molecular weight is 800 g/mol.